The number of rotatable bonds is 2. The van der Waals surface area contributed by atoms with E-state index in [1.165, 1.54) is 5.57 Å². The zero-order chi connectivity index (χ0) is 21.7. The van der Waals surface area contributed by atoms with Gasteiger partial charge in [0.15, 0.2) is 5.79 Å². The number of methoxy groups -OCH3 is 1. The molecule has 6 nitrogen and oxygen atoms in total. The van der Waals surface area contributed by atoms with Crippen LogP contribution in [0.4, 0.5) is 0 Å². The van der Waals surface area contributed by atoms with Crippen LogP contribution in [0.1, 0.15) is 58.8 Å². The van der Waals surface area contributed by atoms with Crippen molar-refractivity contribution in [3.63, 3.8) is 0 Å². The molecule has 4 aliphatic carbocycles. The molecule has 6 heteroatoms. The Hall–Kier alpha value is -1.26. The van der Waals surface area contributed by atoms with E-state index in [-0.39, 0.29) is 23.4 Å². The van der Waals surface area contributed by atoms with Crippen molar-refractivity contribution in [2.24, 2.45) is 28.6 Å². The number of allylic oxidation sites excluding steroid dienone is 1. The van der Waals surface area contributed by atoms with Crippen LogP contribution in [0.3, 0.4) is 0 Å². The molecule has 2 aliphatic heterocycles. The van der Waals surface area contributed by atoms with E-state index >= 15 is 0 Å². The van der Waals surface area contributed by atoms with Crippen LogP contribution in [0, 0.1) is 39.9 Å². The number of hydrogen-bond donors (Lipinski definition) is 0. The van der Waals surface area contributed by atoms with Crippen LogP contribution in [0.5, 0.6) is 0 Å². The summed E-state index contributed by atoms with van der Waals surface area (Å²) in [6.07, 6.45) is 8.29. The molecule has 3 saturated carbocycles. The van der Waals surface area contributed by atoms with Gasteiger partial charge in [0.2, 0.25) is 5.60 Å². The van der Waals surface area contributed by atoms with Gasteiger partial charge in [0.05, 0.1) is 19.8 Å². The summed E-state index contributed by atoms with van der Waals surface area (Å²) in [6, 6.07) is 2.41. The molecule has 31 heavy (non-hydrogen) atoms. The molecule has 6 aliphatic rings. The van der Waals surface area contributed by atoms with Crippen LogP contribution in [0.2, 0.25) is 0 Å². The Balaban J connectivity index is 1.34. The van der Waals surface area contributed by atoms with E-state index in [0.717, 1.165) is 38.5 Å². The Morgan fingerprint density at radius 2 is 1.97 bits per heavy atom. The maximum atomic E-state index is 13.9. The molecule has 0 aromatic carbocycles. The molecule has 5 fully saturated rings. The van der Waals surface area contributed by atoms with Crippen LogP contribution >= 0.6 is 0 Å². The first kappa shape index (κ1) is 20.4. The summed E-state index contributed by atoms with van der Waals surface area (Å²) in [4.78, 5) is 13.9. The molecule has 0 unspecified atom stereocenters. The molecule has 0 aromatic rings. The number of fused-ring (bicyclic) bond motifs is 6. The van der Waals surface area contributed by atoms with Gasteiger partial charge in [-0.1, -0.05) is 25.5 Å². The minimum Gasteiger partial charge on any atom is -0.380 e. The Labute approximate surface area is 184 Å². The first-order valence-corrected chi connectivity index (χ1v) is 11.9. The van der Waals surface area contributed by atoms with Gasteiger partial charge in [0.1, 0.15) is 17.5 Å². The number of carbonyl (C=O) groups excluding carboxylic acids is 1. The highest BCUT2D eigenvalue weighted by Crippen LogP contribution is 2.74. The number of nitrogens with zero attached hydrogens (tertiary/aromatic N) is 1. The predicted molar refractivity (Wildman–Crippen MR) is 111 cm³/mol. The van der Waals surface area contributed by atoms with Crippen LogP contribution in [-0.2, 0) is 23.7 Å². The normalized spacial score (nSPS) is 51.7. The largest absolute Gasteiger partial charge is 0.380 e. The molecule has 7 atom stereocenters. The summed E-state index contributed by atoms with van der Waals surface area (Å²) in [5.74, 6) is 0.670. The van der Waals surface area contributed by atoms with Gasteiger partial charge < -0.3 is 18.9 Å². The van der Waals surface area contributed by atoms with Crippen molar-refractivity contribution in [2.75, 3.05) is 26.9 Å². The Morgan fingerprint density at radius 3 is 2.68 bits per heavy atom. The van der Waals surface area contributed by atoms with E-state index in [0.29, 0.717) is 37.3 Å². The summed E-state index contributed by atoms with van der Waals surface area (Å²) >= 11 is 0. The zero-order valence-corrected chi connectivity index (χ0v) is 18.9. The monoisotopic (exact) mass is 427 g/mol. The first-order chi connectivity index (χ1) is 14.8. The fourth-order valence-corrected chi connectivity index (χ4v) is 8.76. The number of hydrogen-bond acceptors (Lipinski definition) is 6. The molecule has 2 saturated heterocycles. The van der Waals surface area contributed by atoms with Crippen molar-refractivity contribution in [3.8, 4) is 6.07 Å². The van der Waals surface area contributed by atoms with Gasteiger partial charge in [-0.2, -0.15) is 5.26 Å². The van der Waals surface area contributed by atoms with Crippen LogP contribution in [0.25, 0.3) is 0 Å². The second-order valence-corrected chi connectivity index (χ2v) is 11.3. The lowest BCUT2D eigenvalue weighted by atomic mass is 9.46. The van der Waals surface area contributed by atoms with Gasteiger partial charge in [-0.05, 0) is 42.9 Å². The molecule has 2 heterocycles. The number of ether oxygens (including phenoxy) is 4. The molecule has 0 N–H and O–H groups in total. The third kappa shape index (κ3) is 2.29. The molecule has 168 valence electrons. The van der Waals surface area contributed by atoms with Gasteiger partial charge in [-0.25, -0.2) is 0 Å². The number of carbonyl (C=O) groups is 1. The summed E-state index contributed by atoms with van der Waals surface area (Å²) in [5.41, 5.74) is -0.481. The fraction of sp³-hybridized carbons (Fsp3) is 0.840. The van der Waals surface area contributed by atoms with Crippen molar-refractivity contribution in [1.29, 1.82) is 5.26 Å². The SMILES string of the molecule is COC[C@@]1(C#N)O[C@@]12CC[C@H]1[C@@H]3CC=C4CC5(CC[C@]4(C)[C@H]3C(=O)C[C@@]12C)OCCO5. The van der Waals surface area contributed by atoms with E-state index in [2.05, 4.69) is 26.0 Å². The summed E-state index contributed by atoms with van der Waals surface area (Å²) in [6.45, 7) is 6.13. The average molecular weight is 428 g/mol. The van der Waals surface area contributed by atoms with E-state index in [1.54, 1.807) is 7.11 Å². The lowest BCUT2D eigenvalue weighted by molar-refractivity contribution is -0.186. The van der Waals surface area contributed by atoms with E-state index in [1.807, 2.05) is 0 Å². The third-order valence-electron chi connectivity index (χ3n) is 10.2. The third-order valence-corrected chi connectivity index (χ3v) is 10.2. The highest BCUT2D eigenvalue weighted by molar-refractivity contribution is 5.85. The number of ketones is 1. The van der Waals surface area contributed by atoms with Gasteiger partial charge in [0, 0.05) is 37.7 Å². The second-order valence-electron chi connectivity index (χ2n) is 11.3. The topological polar surface area (TPSA) is 81.1 Å². The van der Waals surface area contributed by atoms with Crippen molar-refractivity contribution in [3.05, 3.63) is 11.6 Å². The zero-order valence-electron chi connectivity index (χ0n) is 18.9. The molecular formula is C25H33NO5. The standard InChI is InChI=1S/C25H33NO5/c1-21-8-9-24(29-10-11-30-24)12-16(21)4-5-17-18-6-7-25(23(14-26,31-25)15-28-3)22(18,2)13-19(27)20(17)21/h4,17-18,20H,5-13,15H2,1-3H3/t17-,18-,20+,21-,22-,23+,25+/m0/s1. The molecule has 6 rings (SSSR count). The number of Topliss-reactive ketones (excluding diaryl/α,β-unsaturated/α-hetero) is 1. The molecular weight excluding hydrogens is 394 g/mol. The van der Waals surface area contributed by atoms with Crippen molar-refractivity contribution >= 4 is 5.78 Å². The van der Waals surface area contributed by atoms with Gasteiger partial charge in [-0.3, -0.25) is 4.79 Å². The Bertz CT molecular complexity index is 902. The summed E-state index contributed by atoms with van der Waals surface area (Å²) in [7, 11) is 1.62. The predicted octanol–water partition coefficient (Wildman–Crippen LogP) is 3.55. The van der Waals surface area contributed by atoms with Crippen molar-refractivity contribution in [2.45, 2.75) is 75.8 Å². The van der Waals surface area contributed by atoms with Gasteiger partial charge >= 0.3 is 0 Å². The number of nitriles is 1. The Kier molecular flexibility index (Phi) is 4.07. The minimum atomic E-state index is -0.897. The molecule has 0 amide bonds. The molecule has 0 radical (unpaired) electrons. The smallest absolute Gasteiger partial charge is 0.207 e. The maximum absolute atomic E-state index is 13.9. The van der Waals surface area contributed by atoms with E-state index < -0.39 is 17.0 Å². The lowest BCUT2D eigenvalue weighted by Crippen LogP contribution is -2.58. The van der Waals surface area contributed by atoms with Crippen LogP contribution in [-0.4, -0.2) is 49.7 Å². The summed E-state index contributed by atoms with van der Waals surface area (Å²) in [5, 5.41) is 9.94. The van der Waals surface area contributed by atoms with Crippen molar-refractivity contribution in [1.82, 2.24) is 0 Å². The van der Waals surface area contributed by atoms with Crippen LogP contribution in [0.15, 0.2) is 11.6 Å². The quantitative estimate of drug-likeness (QED) is 0.495. The van der Waals surface area contributed by atoms with E-state index in [9.17, 15) is 10.1 Å². The first-order valence-electron chi connectivity index (χ1n) is 11.9. The maximum Gasteiger partial charge on any atom is 0.207 e. The Morgan fingerprint density at radius 1 is 1.19 bits per heavy atom. The molecule has 2 spiro atoms. The van der Waals surface area contributed by atoms with Crippen LogP contribution < -0.4 is 0 Å². The highest BCUT2D eigenvalue weighted by atomic mass is 16.7. The van der Waals surface area contributed by atoms with Crippen molar-refractivity contribution < 1.29 is 23.7 Å². The second kappa shape index (κ2) is 6.20. The average Bonchev–Trinajstić information content (AvgIpc) is 3.00. The lowest BCUT2D eigenvalue weighted by Gasteiger charge is -2.57. The molecule has 0 aromatic heterocycles. The minimum absolute atomic E-state index is 0.0529. The van der Waals surface area contributed by atoms with E-state index in [4.69, 9.17) is 18.9 Å². The van der Waals surface area contributed by atoms with Gasteiger partial charge in [-0.15, -0.1) is 0 Å². The summed E-state index contributed by atoms with van der Waals surface area (Å²) < 4.78 is 23.6. The number of epoxide rings is 1. The van der Waals surface area contributed by atoms with Gasteiger partial charge in [0.25, 0.3) is 0 Å². The highest BCUT2D eigenvalue weighted by Gasteiger charge is 2.83. The fourth-order valence-electron chi connectivity index (χ4n) is 8.76. The molecule has 0 bridgehead atoms.